The van der Waals surface area contributed by atoms with Crippen LogP contribution in [0.4, 0.5) is 0 Å². The molecule has 4 heteroatoms. The van der Waals surface area contributed by atoms with Gasteiger partial charge in [0.25, 0.3) is 0 Å². The summed E-state index contributed by atoms with van der Waals surface area (Å²) in [6.45, 7) is 4.50. The van der Waals surface area contributed by atoms with Gasteiger partial charge < -0.3 is 0 Å². The first-order chi connectivity index (χ1) is 25.9. The van der Waals surface area contributed by atoms with Gasteiger partial charge in [-0.3, -0.25) is 4.98 Å². The highest BCUT2D eigenvalue weighted by Crippen LogP contribution is 2.50. The van der Waals surface area contributed by atoms with Crippen LogP contribution in [0.1, 0.15) is 30.5 Å². The zero-order chi connectivity index (χ0) is 35.9. The van der Waals surface area contributed by atoms with Crippen molar-refractivity contribution in [2.45, 2.75) is 19.3 Å². The smallest absolute Gasteiger partial charge is 0.160 e. The van der Waals surface area contributed by atoms with E-state index in [1.54, 1.807) is 0 Å². The van der Waals surface area contributed by atoms with E-state index in [0.717, 1.165) is 55.9 Å². The Morgan fingerprint density at radius 3 is 1.58 bits per heavy atom. The highest BCUT2D eigenvalue weighted by Gasteiger charge is 2.35. The van der Waals surface area contributed by atoms with Crippen molar-refractivity contribution in [3.63, 3.8) is 0 Å². The van der Waals surface area contributed by atoms with Gasteiger partial charge in [0.1, 0.15) is 0 Å². The van der Waals surface area contributed by atoms with Crippen LogP contribution < -0.4 is 0 Å². The van der Waals surface area contributed by atoms with Crippen LogP contribution in [0.15, 0.2) is 170 Å². The SMILES string of the molecule is CC1(C)c2cc(C#N)ccc2-c2ccc(-c3ccc(-c4cc(-c5ccncc5)cc(-c5cc(-c6ccccc6)nc(-c6ccccc6)n5)c4)cc3)cc21. The molecule has 0 N–H and O–H groups in total. The molecule has 250 valence electrons. The Balaban J connectivity index is 1.13. The van der Waals surface area contributed by atoms with Crippen LogP contribution in [-0.2, 0) is 5.41 Å². The molecule has 2 heterocycles. The van der Waals surface area contributed by atoms with Gasteiger partial charge in [-0.05, 0) is 110 Å². The molecule has 0 amide bonds. The largest absolute Gasteiger partial charge is 0.265 e. The Hall–Kier alpha value is -6.96. The van der Waals surface area contributed by atoms with Crippen molar-refractivity contribution in [2.75, 3.05) is 0 Å². The molecule has 53 heavy (non-hydrogen) atoms. The molecule has 0 bridgehead atoms. The molecule has 6 aromatic carbocycles. The van der Waals surface area contributed by atoms with E-state index in [-0.39, 0.29) is 5.41 Å². The maximum atomic E-state index is 9.55. The zero-order valence-electron chi connectivity index (χ0n) is 29.5. The predicted molar refractivity (Wildman–Crippen MR) is 215 cm³/mol. The van der Waals surface area contributed by atoms with Gasteiger partial charge in [-0.1, -0.05) is 117 Å². The summed E-state index contributed by atoms with van der Waals surface area (Å²) in [5.74, 6) is 0.688. The van der Waals surface area contributed by atoms with Crippen LogP contribution in [0.5, 0.6) is 0 Å². The second-order valence-corrected chi connectivity index (χ2v) is 14.1. The summed E-state index contributed by atoms with van der Waals surface area (Å²) >= 11 is 0. The molecule has 4 nitrogen and oxygen atoms in total. The molecule has 0 spiro atoms. The number of fused-ring (bicyclic) bond motifs is 3. The number of pyridine rings is 1. The molecule has 0 atom stereocenters. The van der Waals surface area contributed by atoms with Gasteiger partial charge >= 0.3 is 0 Å². The van der Waals surface area contributed by atoms with Crippen molar-refractivity contribution in [3.05, 3.63) is 187 Å². The van der Waals surface area contributed by atoms with Gasteiger partial charge in [0, 0.05) is 34.5 Å². The fraction of sp³-hybridized carbons (Fsp3) is 0.0612. The molecule has 2 aromatic heterocycles. The lowest BCUT2D eigenvalue weighted by molar-refractivity contribution is 0.660. The standard InChI is InChI=1S/C49H34N4/c1-49(2)44-25-32(31-50)13-19-42(44)43-20-18-38(29-45(43)49)33-14-16-34(17-15-33)39-26-40(35-21-23-51-24-22-35)28-41(27-39)47-30-46(36-9-5-3-6-10-36)52-48(53-47)37-11-7-4-8-12-37/h3-30H,1-2H3. The lowest BCUT2D eigenvalue weighted by Crippen LogP contribution is -2.15. The van der Waals surface area contributed by atoms with Gasteiger partial charge in [-0.25, -0.2) is 9.97 Å². The van der Waals surface area contributed by atoms with Gasteiger partial charge in [-0.2, -0.15) is 5.26 Å². The third-order valence-electron chi connectivity index (χ3n) is 10.4. The van der Waals surface area contributed by atoms with E-state index in [1.165, 1.54) is 27.8 Å². The minimum absolute atomic E-state index is 0.195. The Morgan fingerprint density at radius 2 is 0.943 bits per heavy atom. The number of hydrogen-bond donors (Lipinski definition) is 0. The molecule has 1 aliphatic carbocycles. The van der Waals surface area contributed by atoms with Crippen molar-refractivity contribution in [1.29, 1.82) is 5.26 Å². The van der Waals surface area contributed by atoms with Crippen molar-refractivity contribution in [2.24, 2.45) is 0 Å². The van der Waals surface area contributed by atoms with Gasteiger partial charge in [0.2, 0.25) is 0 Å². The molecule has 0 saturated carbocycles. The lowest BCUT2D eigenvalue weighted by Gasteiger charge is -2.22. The van der Waals surface area contributed by atoms with Crippen LogP contribution in [0.25, 0.3) is 78.4 Å². The summed E-state index contributed by atoms with van der Waals surface area (Å²) < 4.78 is 0. The van der Waals surface area contributed by atoms with Gasteiger partial charge in [-0.15, -0.1) is 0 Å². The summed E-state index contributed by atoms with van der Waals surface area (Å²) in [5.41, 5.74) is 16.9. The number of rotatable bonds is 6. The molecule has 0 radical (unpaired) electrons. The summed E-state index contributed by atoms with van der Waals surface area (Å²) in [7, 11) is 0. The normalized spacial score (nSPS) is 12.5. The molecule has 1 aliphatic rings. The van der Waals surface area contributed by atoms with Crippen LogP contribution in [-0.4, -0.2) is 15.0 Å². The molecule has 0 fully saturated rings. The average molecular weight is 679 g/mol. The lowest BCUT2D eigenvalue weighted by atomic mass is 9.81. The third-order valence-corrected chi connectivity index (χ3v) is 10.4. The second-order valence-electron chi connectivity index (χ2n) is 14.1. The summed E-state index contributed by atoms with van der Waals surface area (Å²) in [4.78, 5) is 14.4. The average Bonchev–Trinajstić information content (AvgIpc) is 3.46. The maximum absolute atomic E-state index is 9.55. The van der Waals surface area contributed by atoms with Crippen molar-refractivity contribution in [1.82, 2.24) is 15.0 Å². The Kier molecular flexibility index (Phi) is 7.83. The first-order valence-corrected chi connectivity index (χ1v) is 17.8. The molecular formula is C49H34N4. The monoisotopic (exact) mass is 678 g/mol. The number of hydrogen-bond acceptors (Lipinski definition) is 4. The summed E-state index contributed by atoms with van der Waals surface area (Å²) in [6, 6.07) is 57.3. The number of aromatic nitrogens is 3. The molecule has 0 saturated heterocycles. The highest BCUT2D eigenvalue weighted by atomic mass is 14.9. The van der Waals surface area contributed by atoms with E-state index in [0.29, 0.717) is 11.4 Å². The Bertz CT molecular complexity index is 2620. The fourth-order valence-electron chi connectivity index (χ4n) is 7.56. The van der Waals surface area contributed by atoms with Crippen LogP contribution in [0.3, 0.4) is 0 Å². The Labute approximate surface area is 309 Å². The van der Waals surface area contributed by atoms with Crippen LogP contribution in [0, 0.1) is 11.3 Å². The molecule has 0 unspecified atom stereocenters. The first-order valence-electron chi connectivity index (χ1n) is 17.8. The third kappa shape index (κ3) is 5.89. The van der Waals surface area contributed by atoms with E-state index in [1.807, 2.05) is 73.1 Å². The van der Waals surface area contributed by atoms with Gasteiger partial charge in [0.05, 0.1) is 23.0 Å². The number of nitrogens with zero attached hydrogens (tertiary/aromatic N) is 4. The second kappa shape index (κ2) is 13.0. The molecule has 0 aliphatic heterocycles. The Morgan fingerprint density at radius 1 is 0.434 bits per heavy atom. The fourth-order valence-corrected chi connectivity index (χ4v) is 7.56. The predicted octanol–water partition coefficient (Wildman–Crippen LogP) is 12.1. The van der Waals surface area contributed by atoms with E-state index in [4.69, 9.17) is 9.97 Å². The van der Waals surface area contributed by atoms with Crippen molar-refractivity contribution < 1.29 is 0 Å². The van der Waals surface area contributed by atoms with Crippen LogP contribution in [0.2, 0.25) is 0 Å². The summed E-state index contributed by atoms with van der Waals surface area (Å²) in [5, 5.41) is 9.55. The van der Waals surface area contributed by atoms with Crippen molar-refractivity contribution >= 4 is 0 Å². The minimum Gasteiger partial charge on any atom is -0.265 e. The van der Waals surface area contributed by atoms with Gasteiger partial charge in [0.15, 0.2) is 5.82 Å². The van der Waals surface area contributed by atoms with Crippen LogP contribution >= 0.6 is 0 Å². The maximum Gasteiger partial charge on any atom is 0.160 e. The number of benzene rings is 6. The molecule has 8 aromatic rings. The van der Waals surface area contributed by atoms with Crippen molar-refractivity contribution in [3.8, 4) is 84.5 Å². The van der Waals surface area contributed by atoms with E-state index >= 15 is 0 Å². The van der Waals surface area contributed by atoms with E-state index < -0.39 is 0 Å². The topological polar surface area (TPSA) is 62.5 Å². The highest BCUT2D eigenvalue weighted by molar-refractivity contribution is 5.86. The zero-order valence-corrected chi connectivity index (χ0v) is 29.5. The summed E-state index contributed by atoms with van der Waals surface area (Å²) in [6.07, 6.45) is 3.67. The first kappa shape index (κ1) is 32.0. The van der Waals surface area contributed by atoms with E-state index in [2.05, 4.69) is 122 Å². The molecule has 9 rings (SSSR count). The minimum atomic E-state index is -0.195. The van der Waals surface area contributed by atoms with E-state index in [9.17, 15) is 5.26 Å². The molecular weight excluding hydrogens is 645 g/mol. The quantitative estimate of drug-likeness (QED) is 0.176. The number of nitriles is 1.